The molecule has 0 aliphatic heterocycles. The average molecular weight is 471 g/mol. The van der Waals surface area contributed by atoms with Crippen LogP contribution in [0.1, 0.15) is 59.0 Å². The molecular weight excluding hydrogens is 443 g/mol. The van der Waals surface area contributed by atoms with Gasteiger partial charge in [0.25, 0.3) is 0 Å². The molecule has 1 saturated carbocycles. The highest BCUT2D eigenvalue weighted by Crippen LogP contribution is 2.36. The smallest absolute Gasteiger partial charge is 0.172 e. The lowest BCUT2D eigenvalue weighted by Gasteiger charge is -2.27. The number of ether oxygens (including phenoxy) is 2. The molecule has 0 saturated heterocycles. The summed E-state index contributed by atoms with van der Waals surface area (Å²) in [5, 5.41) is 18.4. The molecule has 4 rings (SSSR count). The van der Waals surface area contributed by atoms with Crippen molar-refractivity contribution in [2.24, 2.45) is 5.92 Å². The molecule has 3 aromatic rings. The van der Waals surface area contributed by atoms with E-state index in [1.807, 2.05) is 6.07 Å². The van der Waals surface area contributed by atoms with Crippen molar-refractivity contribution in [2.75, 3.05) is 14.2 Å². The minimum Gasteiger partial charge on any atom is -0.494 e. The first-order valence-corrected chi connectivity index (χ1v) is 11.9. The summed E-state index contributed by atoms with van der Waals surface area (Å²) >= 11 is 1.48. The van der Waals surface area contributed by atoms with Crippen LogP contribution in [0.4, 0.5) is 4.39 Å². The lowest BCUT2D eigenvalue weighted by Crippen LogP contribution is -2.17. The number of carbonyl (C=O) groups is 1. The van der Waals surface area contributed by atoms with E-state index < -0.39 is 11.9 Å². The van der Waals surface area contributed by atoms with Crippen LogP contribution in [0.15, 0.2) is 36.5 Å². The minimum absolute atomic E-state index is 0.0783. The molecule has 0 amide bonds. The highest BCUT2D eigenvalue weighted by molar-refractivity contribution is 7.11. The summed E-state index contributed by atoms with van der Waals surface area (Å²) in [5.74, 6) is 0.484. The monoisotopic (exact) mass is 470 g/mol. The molecule has 1 aliphatic carbocycles. The summed E-state index contributed by atoms with van der Waals surface area (Å²) in [6.45, 7) is 0. The second kappa shape index (κ2) is 10.9. The van der Waals surface area contributed by atoms with E-state index in [0.717, 1.165) is 42.8 Å². The highest BCUT2D eigenvalue weighted by Gasteiger charge is 2.26. The number of ketones is 1. The van der Waals surface area contributed by atoms with Crippen molar-refractivity contribution in [3.63, 3.8) is 0 Å². The summed E-state index contributed by atoms with van der Waals surface area (Å²) in [5.41, 5.74) is 1.63. The van der Waals surface area contributed by atoms with E-state index in [1.165, 1.54) is 43.8 Å². The number of benzene rings is 1. The van der Waals surface area contributed by atoms with Crippen LogP contribution in [0.5, 0.6) is 5.75 Å². The Hall–Kier alpha value is -2.78. The molecule has 9 heteroatoms. The Morgan fingerprint density at radius 1 is 1.12 bits per heavy atom. The van der Waals surface area contributed by atoms with Gasteiger partial charge in [0.15, 0.2) is 17.3 Å². The number of hydrogen-bond acceptors (Lipinski definition) is 8. The first-order valence-electron chi connectivity index (χ1n) is 11.0. The summed E-state index contributed by atoms with van der Waals surface area (Å²) in [4.78, 5) is 12.9. The zero-order chi connectivity index (χ0) is 23.2. The molecule has 1 fully saturated rings. The fraction of sp³-hybridized carbons (Fsp3) is 0.458. The van der Waals surface area contributed by atoms with Crippen LogP contribution in [-0.2, 0) is 22.4 Å². The third-order valence-electron chi connectivity index (χ3n) is 6.16. The Bertz CT molecular complexity index is 1070. The Labute approximate surface area is 196 Å². The molecule has 174 valence electrons. The molecule has 0 radical (unpaired) electrons. The van der Waals surface area contributed by atoms with Crippen molar-refractivity contribution in [3.05, 3.63) is 63.6 Å². The fourth-order valence-corrected chi connectivity index (χ4v) is 5.39. The fourth-order valence-electron chi connectivity index (χ4n) is 4.42. The maximum atomic E-state index is 13.7. The van der Waals surface area contributed by atoms with Gasteiger partial charge in [-0.05, 0) is 61.4 Å². The quantitative estimate of drug-likeness (QED) is 0.455. The number of aromatic nitrogens is 4. The molecule has 2 aromatic heterocycles. The lowest BCUT2D eigenvalue weighted by atomic mass is 9.79. The predicted octanol–water partition coefficient (Wildman–Crippen LogP) is 4.49. The number of carbonyl (C=O) groups excluding carboxylic acids is 1. The number of rotatable bonds is 9. The van der Waals surface area contributed by atoms with Gasteiger partial charge in [0.1, 0.15) is 16.1 Å². The molecule has 2 heterocycles. The van der Waals surface area contributed by atoms with Crippen LogP contribution in [-0.4, -0.2) is 40.4 Å². The average Bonchev–Trinajstić information content (AvgIpc) is 3.28. The first kappa shape index (κ1) is 23.4. The predicted molar refractivity (Wildman–Crippen MR) is 122 cm³/mol. The van der Waals surface area contributed by atoms with Gasteiger partial charge >= 0.3 is 0 Å². The zero-order valence-corrected chi connectivity index (χ0v) is 19.6. The van der Waals surface area contributed by atoms with E-state index in [-0.39, 0.29) is 18.0 Å². The molecule has 1 aliphatic rings. The van der Waals surface area contributed by atoms with Gasteiger partial charge in [-0.3, -0.25) is 4.79 Å². The molecule has 1 unspecified atom stereocenters. The zero-order valence-electron chi connectivity index (χ0n) is 18.7. The Morgan fingerprint density at radius 2 is 1.91 bits per heavy atom. The van der Waals surface area contributed by atoms with Gasteiger partial charge in [-0.15, -0.1) is 21.5 Å². The standard InChI is InChI=1S/C24H27FN4O3S/c1-31-21-13-17(9-10-18(21)25)24(32-2)20(30)14-23-29-28-22(33-23)12-15-5-7-16(8-6-15)19-4-3-11-26-27-19/h3-4,9-11,13,15-16,24H,5-8,12,14H2,1-2H3. The van der Waals surface area contributed by atoms with Gasteiger partial charge in [0.05, 0.1) is 19.2 Å². The molecule has 0 N–H and O–H groups in total. The van der Waals surface area contributed by atoms with Crippen LogP contribution in [0.2, 0.25) is 0 Å². The van der Waals surface area contributed by atoms with Crippen LogP contribution in [0.25, 0.3) is 0 Å². The van der Waals surface area contributed by atoms with Crippen molar-refractivity contribution in [3.8, 4) is 5.75 Å². The normalized spacial score (nSPS) is 19.2. The lowest BCUT2D eigenvalue weighted by molar-refractivity contribution is -0.128. The Balaban J connectivity index is 1.32. The van der Waals surface area contributed by atoms with Crippen LogP contribution in [0, 0.1) is 11.7 Å². The second-order valence-corrected chi connectivity index (χ2v) is 9.46. The number of nitrogens with zero attached hydrogens (tertiary/aromatic N) is 4. The molecule has 7 nitrogen and oxygen atoms in total. The maximum absolute atomic E-state index is 13.7. The maximum Gasteiger partial charge on any atom is 0.172 e. The molecule has 1 atom stereocenters. The Morgan fingerprint density at radius 3 is 2.61 bits per heavy atom. The number of Topliss-reactive ketones (excluding diaryl/α,β-unsaturated/α-hetero) is 1. The summed E-state index contributed by atoms with van der Waals surface area (Å²) in [7, 11) is 2.85. The third kappa shape index (κ3) is 5.78. The summed E-state index contributed by atoms with van der Waals surface area (Å²) < 4.78 is 24.1. The number of hydrogen-bond donors (Lipinski definition) is 0. The molecule has 0 bridgehead atoms. The molecule has 0 spiro atoms. The molecular formula is C24H27FN4O3S. The van der Waals surface area contributed by atoms with Crippen molar-refractivity contribution >= 4 is 17.1 Å². The highest BCUT2D eigenvalue weighted by atomic mass is 32.1. The Kier molecular flexibility index (Phi) is 7.72. The molecule has 33 heavy (non-hydrogen) atoms. The van der Waals surface area contributed by atoms with E-state index >= 15 is 0 Å². The van der Waals surface area contributed by atoms with E-state index in [0.29, 0.717) is 22.4 Å². The van der Waals surface area contributed by atoms with E-state index in [9.17, 15) is 9.18 Å². The van der Waals surface area contributed by atoms with E-state index in [1.54, 1.807) is 6.20 Å². The van der Waals surface area contributed by atoms with Crippen LogP contribution >= 0.6 is 11.3 Å². The topological polar surface area (TPSA) is 87.1 Å². The van der Waals surface area contributed by atoms with Gasteiger partial charge in [0.2, 0.25) is 0 Å². The van der Waals surface area contributed by atoms with E-state index in [2.05, 4.69) is 26.5 Å². The van der Waals surface area contributed by atoms with Crippen molar-refractivity contribution < 1.29 is 18.7 Å². The van der Waals surface area contributed by atoms with Gasteiger partial charge in [-0.25, -0.2) is 4.39 Å². The second-order valence-electron chi connectivity index (χ2n) is 8.31. The number of halogens is 1. The summed E-state index contributed by atoms with van der Waals surface area (Å²) in [6, 6.07) is 8.30. The van der Waals surface area contributed by atoms with Gasteiger partial charge < -0.3 is 9.47 Å². The SMILES string of the molecule is COc1cc(C(OC)C(=O)Cc2nnc(CC3CCC(c4cccnn4)CC3)s2)ccc1F. The first-order chi connectivity index (χ1) is 16.1. The largest absolute Gasteiger partial charge is 0.494 e. The summed E-state index contributed by atoms with van der Waals surface area (Å²) in [6.07, 6.45) is 6.33. The van der Waals surface area contributed by atoms with Crippen molar-refractivity contribution in [1.82, 2.24) is 20.4 Å². The number of methoxy groups -OCH3 is 2. The van der Waals surface area contributed by atoms with Crippen LogP contribution < -0.4 is 4.74 Å². The van der Waals surface area contributed by atoms with Crippen molar-refractivity contribution in [2.45, 2.75) is 50.5 Å². The third-order valence-corrected chi connectivity index (χ3v) is 7.11. The van der Waals surface area contributed by atoms with Crippen molar-refractivity contribution in [1.29, 1.82) is 0 Å². The van der Waals surface area contributed by atoms with Gasteiger partial charge in [0, 0.05) is 25.6 Å². The molecule has 1 aromatic carbocycles. The van der Waals surface area contributed by atoms with E-state index in [4.69, 9.17) is 9.47 Å². The van der Waals surface area contributed by atoms with Gasteiger partial charge in [-0.2, -0.15) is 10.2 Å². The van der Waals surface area contributed by atoms with Crippen LogP contribution in [0.3, 0.4) is 0 Å². The minimum atomic E-state index is -0.816. The van der Waals surface area contributed by atoms with Gasteiger partial charge in [-0.1, -0.05) is 6.07 Å².